The van der Waals surface area contributed by atoms with Gasteiger partial charge in [-0.15, -0.1) is 0 Å². The predicted molar refractivity (Wildman–Crippen MR) is 69.4 cm³/mol. The molecule has 0 aromatic heterocycles. The van der Waals surface area contributed by atoms with Gasteiger partial charge in [0.15, 0.2) is 0 Å². The predicted octanol–water partition coefficient (Wildman–Crippen LogP) is 1.63. The molecule has 0 unspecified atom stereocenters. The Hall–Kier alpha value is -1.94. The molecule has 0 aliphatic carbocycles. The number of hydrogen-bond acceptors (Lipinski definition) is 3. The van der Waals surface area contributed by atoms with Crippen molar-refractivity contribution in [2.24, 2.45) is 0 Å². The Morgan fingerprint density at radius 2 is 2.06 bits per heavy atom. The van der Waals surface area contributed by atoms with Crippen molar-refractivity contribution in [3.63, 3.8) is 0 Å². The third kappa shape index (κ3) is 4.14. The van der Waals surface area contributed by atoms with Crippen LogP contribution in [-0.2, 0) is 14.3 Å². The molecule has 0 atom stereocenters. The first-order valence-corrected chi connectivity index (χ1v) is 5.61. The highest BCUT2D eigenvalue weighted by Gasteiger charge is 2.14. The largest absolute Gasteiger partial charge is 0.383 e. The molecule has 4 nitrogen and oxygen atoms in total. The first-order chi connectivity index (χ1) is 8.69. The summed E-state index contributed by atoms with van der Waals surface area (Å²) in [6, 6.07) is 9.32. The van der Waals surface area contributed by atoms with E-state index in [9.17, 15) is 9.59 Å². The lowest BCUT2D eigenvalue weighted by molar-refractivity contribution is -0.127. The second-order valence-corrected chi connectivity index (χ2v) is 3.71. The van der Waals surface area contributed by atoms with Crippen LogP contribution in [0.1, 0.15) is 12.5 Å². The Morgan fingerprint density at radius 3 is 2.56 bits per heavy atom. The lowest BCUT2D eigenvalue weighted by Gasteiger charge is -2.19. The molecule has 1 amide bonds. The van der Waals surface area contributed by atoms with Crippen LogP contribution in [-0.4, -0.2) is 37.4 Å². The van der Waals surface area contributed by atoms with E-state index in [2.05, 4.69) is 0 Å². The molecule has 1 radical (unpaired) electrons. The summed E-state index contributed by atoms with van der Waals surface area (Å²) in [6.07, 6.45) is 3.43. The maximum Gasteiger partial charge on any atom is 0.251 e. The van der Waals surface area contributed by atoms with E-state index in [0.717, 1.165) is 5.56 Å². The van der Waals surface area contributed by atoms with Gasteiger partial charge >= 0.3 is 0 Å². The smallest absolute Gasteiger partial charge is 0.251 e. The van der Waals surface area contributed by atoms with Crippen LogP contribution < -0.4 is 0 Å². The highest BCUT2D eigenvalue weighted by atomic mass is 16.5. The van der Waals surface area contributed by atoms with Crippen LogP contribution >= 0.6 is 0 Å². The average Bonchev–Trinajstić information content (AvgIpc) is 2.38. The summed E-state index contributed by atoms with van der Waals surface area (Å²) < 4.78 is 4.92. The number of allylic oxidation sites excluding steroid dienone is 1. The van der Waals surface area contributed by atoms with Crippen molar-refractivity contribution >= 4 is 18.3 Å². The summed E-state index contributed by atoms with van der Waals surface area (Å²) in [6.45, 7) is 2.11. The number of amides is 1. The highest BCUT2D eigenvalue weighted by Crippen LogP contribution is 2.09. The van der Waals surface area contributed by atoms with Gasteiger partial charge in [0, 0.05) is 20.6 Å². The number of hydrogen-bond donors (Lipinski definition) is 0. The zero-order chi connectivity index (χ0) is 13.4. The molecular weight excluding hydrogens is 230 g/mol. The molecule has 1 rings (SSSR count). The van der Waals surface area contributed by atoms with E-state index in [1.54, 1.807) is 19.5 Å². The lowest BCUT2D eigenvalue weighted by atomic mass is 10.2. The fourth-order valence-electron chi connectivity index (χ4n) is 1.50. The number of carbonyl (C=O) groups excluding carboxylic acids is 2. The Bertz CT molecular complexity index is 426. The quantitative estimate of drug-likeness (QED) is 0.717. The van der Waals surface area contributed by atoms with E-state index < -0.39 is 0 Å². The van der Waals surface area contributed by atoms with Gasteiger partial charge in [0.2, 0.25) is 5.91 Å². The molecule has 0 heterocycles. The number of methoxy groups -OCH3 is 1. The van der Waals surface area contributed by atoms with Gasteiger partial charge in [-0.05, 0) is 11.6 Å². The van der Waals surface area contributed by atoms with Crippen molar-refractivity contribution in [1.29, 1.82) is 0 Å². The summed E-state index contributed by atoms with van der Waals surface area (Å²) in [5.74, 6) is -0.211. The van der Waals surface area contributed by atoms with E-state index in [4.69, 9.17) is 4.74 Å². The number of benzene rings is 1. The van der Waals surface area contributed by atoms with E-state index in [1.807, 2.05) is 30.3 Å². The Labute approximate surface area is 107 Å². The van der Waals surface area contributed by atoms with Crippen LogP contribution in [0.3, 0.4) is 0 Å². The van der Waals surface area contributed by atoms with Gasteiger partial charge in [-0.1, -0.05) is 30.3 Å². The van der Waals surface area contributed by atoms with Crippen molar-refractivity contribution in [1.82, 2.24) is 4.90 Å². The lowest BCUT2D eigenvalue weighted by Crippen LogP contribution is -2.31. The van der Waals surface area contributed by atoms with Crippen molar-refractivity contribution in [3.05, 3.63) is 41.6 Å². The van der Waals surface area contributed by atoms with Gasteiger partial charge in [0.1, 0.15) is 0 Å². The van der Waals surface area contributed by atoms with Gasteiger partial charge in [-0.25, -0.2) is 0 Å². The topological polar surface area (TPSA) is 46.6 Å². The van der Waals surface area contributed by atoms with Crippen LogP contribution in [0, 0.1) is 0 Å². The number of rotatable bonds is 6. The van der Waals surface area contributed by atoms with E-state index in [0.29, 0.717) is 13.2 Å². The molecule has 4 heteroatoms. The van der Waals surface area contributed by atoms with Gasteiger partial charge in [-0.3, -0.25) is 9.59 Å². The fraction of sp³-hybridized carbons (Fsp3) is 0.286. The van der Waals surface area contributed by atoms with Gasteiger partial charge in [0.25, 0.3) is 6.29 Å². The van der Waals surface area contributed by atoms with E-state index in [1.165, 1.54) is 11.8 Å². The van der Waals surface area contributed by atoms with Crippen LogP contribution in [0.5, 0.6) is 0 Å². The van der Waals surface area contributed by atoms with Crippen LogP contribution in [0.4, 0.5) is 0 Å². The number of ether oxygens (including phenoxy) is 1. The van der Waals surface area contributed by atoms with Crippen molar-refractivity contribution in [3.8, 4) is 0 Å². The molecule has 0 spiro atoms. The summed E-state index contributed by atoms with van der Waals surface area (Å²) in [7, 11) is 1.55. The van der Waals surface area contributed by atoms with Crippen LogP contribution in [0.25, 0.3) is 6.08 Å². The standard InChI is InChI=1S/C14H16NO3/c1-12(17)15(8-9-18-2)14(11-16)10-13-6-4-3-5-7-13/h3-7,10H,8-9H2,1-2H3. The molecular formula is C14H16NO3. The second kappa shape index (κ2) is 7.40. The molecule has 0 saturated carbocycles. The molecule has 0 fully saturated rings. The molecule has 1 aromatic rings. The summed E-state index contributed by atoms with van der Waals surface area (Å²) in [5.41, 5.74) is 1.06. The second-order valence-electron chi connectivity index (χ2n) is 3.71. The molecule has 18 heavy (non-hydrogen) atoms. The highest BCUT2D eigenvalue weighted by molar-refractivity contribution is 5.89. The van der Waals surface area contributed by atoms with Crippen LogP contribution in [0.15, 0.2) is 36.0 Å². The minimum Gasteiger partial charge on any atom is -0.383 e. The number of nitrogens with zero attached hydrogens (tertiary/aromatic N) is 1. The SMILES string of the molecule is COCCN(C(C)=O)C([C]=O)=Cc1ccccc1. The van der Waals surface area contributed by atoms with Gasteiger partial charge in [-0.2, -0.15) is 0 Å². The molecule has 1 aromatic carbocycles. The van der Waals surface area contributed by atoms with E-state index >= 15 is 0 Å². The Balaban J connectivity index is 2.95. The number of carbonyl (C=O) groups is 1. The minimum atomic E-state index is -0.211. The third-order valence-corrected chi connectivity index (χ3v) is 2.40. The minimum absolute atomic E-state index is 0.211. The van der Waals surface area contributed by atoms with E-state index in [-0.39, 0.29) is 11.6 Å². The van der Waals surface area contributed by atoms with Crippen molar-refractivity contribution in [2.45, 2.75) is 6.92 Å². The summed E-state index contributed by atoms with van der Waals surface area (Å²) in [5, 5.41) is 0. The molecule has 0 N–H and O–H groups in total. The molecule has 95 valence electrons. The molecule has 0 aliphatic rings. The monoisotopic (exact) mass is 246 g/mol. The molecule has 0 saturated heterocycles. The Kier molecular flexibility index (Phi) is 5.80. The summed E-state index contributed by atoms with van der Waals surface area (Å²) in [4.78, 5) is 23.8. The van der Waals surface area contributed by atoms with Crippen molar-refractivity contribution in [2.75, 3.05) is 20.3 Å². The maximum atomic E-state index is 11.5. The van der Waals surface area contributed by atoms with Gasteiger partial charge < -0.3 is 9.64 Å². The normalized spacial score (nSPS) is 11.1. The van der Waals surface area contributed by atoms with Crippen molar-refractivity contribution < 1.29 is 14.3 Å². The molecule has 0 aliphatic heterocycles. The summed E-state index contributed by atoms with van der Waals surface area (Å²) >= 11 is 0. The zero-order valence-electron chi connectivity index (χ0n) is 10.6. The Morgan fingerprint density at radius 1 is 1.39 bits per heavy atom. The first kappa shape index (κ1) is 14.1. The third-order valence-electron chi connectivity index (χ3n) is 2.40. The first-order valence-electron chi connectivity index (χ1n) is 5.61. The molecule has 0 bridgehead atoms. The fourth-order valence-corrected chi connectivity index (χ4v) is 1.50. The average molecular weight is 246 g/mol. The van der Waals surface area contributed by atoms with Crippen LogP contribution in [0.2, 0.25) is 0 Å². The van der Waals surface area contributed by atoms with Gasteiger partial charge in [0.05, 0.1) is 12.3 Å². The maximum absolute atomic E-state index is 11.5. The zero-order valence-corrected chi connectivity index (χ0v) is 10.6.